The molecule has 0 radical (unpaired) electrons. The van der Waals surface area contributed by atoms with Crippen molar-refractivity contribution in [2.24, 2.45) is 0 Å². The van der Waals surface area contributed by atoms with E-state index in [1.807, 2.05) is 18.7 Å². The third-order valence-electron chi connectivity index (χ3n) is 3.02. The van der Waals surface area contributed by atoms with E-state index >= 15 is 0 Å². The van der Waals surface area contributed by atoms with E-state index in [0.717, 1.165) is 19.5 Å². The molecule has 3 nitrogen and oxygen atoms in total. The fourth-order valence-electron chi connectivity index (χ4n) is 2.06. The van der Waals surface area contributed by atoms with Gasteiger partial charge in [-0.05, 0) is 31.9 Å². The van der Waals surface area contributed by atoms with Crippen molar-refractivity contribution in [1.82, 2.24) is 14.9 Å². The topological polar surface area (TPSA) is 29.9 Å². The Bertz CT molecular complexity index is 422. The van der Waals surface area contributed by atoms with Gasteiger partial charge in [0.25, 0.3) is 0 Å². The van der Waals surface area contributed by atoms with Crippen LogP contribution in [0.25, 0.3) is 0 Å². The van der Waals surface area contributed by atoms with Gasteiger partial charge in [0.15, 0.2) is 0 Å². The highest BCUT2D eigenvalue weighted by molar-refractivity contribution is 5.14. The van der Waals surface area contributed by atoms with Crippen molar-refractivity contribution in [3.8, 4) is 0 Å². The maximum absolute atomic E-state index is 4.05. The molecule has 1 aromatic carbocycles. The molecule has 3 heteroatoms. The molecule has 0 aliphatic heterocycles. The first-order valence-electron chi connectivity index (χ1n) is 6.57. The zero-order chi connectivity index (χ0) is 12.6. The maximum Gasteiger partial charge on any atom is 0.0946 e. The molecule has 1 aromatic heterocycles. The summed E-state index contributed by atoms with van der Waals surface area (Å²) in [7, 11) is 0. The summed E-state index contributed by atoms with van der Waals surface area (Å²) < 4.78 is 2.11. The van der Waals surface area contributed by atoms with Gasteiger partial charge < -0.3 is 9.88 Å². The zero-order valence-electron chi connectivity index (χ0n) is 10.9. The fraction of sp³-hybridized carbons (Fsp3) is 0.400. The maximum atomic E-state index is 4.05. The lowest BCUT2D eigenvalue weighted by Gasteiger charge is -2.14. The molecule has 1 unspecified atom stereocenters. The van der Waals surface area contributed by atoms with Crippen molar-refractivity contribution in [3.05, 3.63) is 54.6 Å². The second kappa shape index (κ2) is 6.97. The van der Waals surface area contributed by atoms with E-state index in [1.165, 1.54) is 12.0 Å². The van der Waals surface area contributed by atoms with Crippen LogP contribution in [0.4, 0.5) is 0 Å². The predicted octanol–water partition coefficient (Wildman–Crippen LogP) is 2.49. The van der Waals surface area contributed by atoms with E-state index < -0.39 is 0 Å². The Morgan fingerprint density at radius 3 is 2.83 bits per heavy atom. The number of aryl methyl sites for hydroxylation is 1. The molecule has 0 aliphatic rings. The number of rotatable bonds is 7. The number of nitrogens with one attached hydrogen (secondary N) is 1. The summed E-state index contributed by atoms with van der Waals surface area (Å²) in [6, 6.07) is 11.1. The second-order valence-electron chi connectivity index (χ2n) is 4.70. The molecular formula is C15H21N3. The molecule has 1 heterocycles. The van der Waals surface area contributed by atoms with Gasteiger partial charge >= 0.3 is 0 Å². The zero-order valence-corrected chi connectivity index (χ0v) is 10.9. The molecule has 0 saturated heterocycles. The highest BCUT2D eigenvalue weighted by atomic mass is 15.1. The molecule has 1 atom stereocenters. The third kappa shape index (κ3) is 4.34. The minimum absolute atomic E-state index is 0.481. The number of aromatic nitrogens is 2. The number of imidazole rings is 1. The van der Waals surface area contributed by atoms with Crippen LogP contribution < -0.4 is 5.32 Å². The van der Waals surface area contributed by atoms with E-state index in [-0.39, 0.29) is 0 Å². The number of hydrogen-bond acceptors (Lipinski definition) is 2. The second-order valence-corrected chi connectivity index (χ2v) is 4.70. The van der Waals surface area contributed by atoms with Crippen LogP contribution in [-0.2, 0) is 13.0 Å². The van der Waals surface area contributed by atoms with Crippen LogP contribution in [0.5, 0.6) is 0 Å². The Morgan fingerprint density at radius 1 is 1.28 bits per heavy atom. The van der Waals surface area contributed by atoms with E-state index in [0.29, 0.717) is 6.04 Å². The molecule has 2 rings (SSSR count). The van der Waals surface area contributed by atoms with Gasteiger partial charge in [-0.2, -0.15) is 0 Å². The summed E-state index contributed by atoms with van der Waals surface area (Å²) in [5.41, 5.74) is 1.42. The Labute approximate surface area is 109 Å². The van der Waals surface area contributed by atoms with Gasteiger partial charge in [-0.1, -0.05) is 30.3 Å². The minimum Gasteiger partial charge on any atom is -0.336 e. The van der Waals surface area contributed by atoms with E-state index in [1.54, 1.807) is 0 Å². The van der Waals surface area contributed by atoms with Crippen molar-refractivity contribution < 1.29 is 0 Å². The van der Waals surface area contributed by atoms with Gasteiger partial charge in [0.05, 0.1) is 6.33 Å². The summed E-state index contributed by atoms with van der Waals surface area (Å²) in [4.78, 5) is 4.05. The smallest absolute Gasteiger partial charge is 0.0946 e. The lowest BCUT2D eigenvalue weighted by Crippen LogP contribution is -2.31. The third-order valence-corrected chi connectivity index (χ3v) is 3.02. The first kappa shape index (κ1) is 12.8. The van der Waals surface area contributed by atoms with Crippen molar-refractivity contribution >= 4 is 0 Å². The van der Waals surface area contributed by atoms with Gasteiger partial charge in [0.2, 0.25) is 0 Å². The molecule has 0 aliphatic carbocycles. The number of nitrogens with zero attached hydrogens (tertiary/aromatic N) is 2. The van der Waals surface area contributed by atoms with Crippen molar-refractivity contribution in [1.29, 1.82) is 0 Å². The van der Waals surface area contributed by atoms with Crippen molar-refractivity contribution in [3.63, 3.8) is 0 Å². The Hall–Kier alpha value is -1.61. The summed E-state index contributed by atoms with van der Waals surface area (Å²) in [5.74, 6) is 0. The molecule has 0 bridgehead atoms. The summed E-state index contributed by atoms with van der Waals surface area (Å²) >= 11 is 0. The van der Waals surface area contributed by atoms with Gasteiger partial charge in [0, 0.05) is 25.0 Å². The van der Waals surface area contributed by atoms with Gasteiger partial charge in [-0.25, -0.2) is 4.98 Å². The summed E-state index contributed by atoms with van der Waals surface area (Å²) in [6.07, 6.45) is 8.01. The lowest BCUT2D eigenvalue weighted by atomic mass is 10.1. The Balaban J connectivity index is 1.60. The van der Waals surface area contributed by atoms with E-state index in [9.17, 15) is 0 Å². The van der Waals surface area contributed by atoms with Crippen LogP contribution in [-0.4, -0.2) is 22.1 Å². The molecule has 96 valence electrons. The van der Waals surface area contributed by atoms with E-state index in [2.05, 4.69) is 52.1 Å². The Kier molecular flexibility index (Phi) is 4.97. The van der Waals surface area contributed by atoms with Crippen LogP contribution >= 0.6 is 0 Å². The number of hydrogen-bond donors (Lipinski definition) is 1. The molecule has 0 spiro atoms. The predicted molar refractivity (Wildman–Crippen MR) is 74.5 cm³/mol. The van der Waals surface area contributed by atoms with Crippen LogP contribution in [0.1, 0.15) is 18.9 Å². The molecule has 0 saturated carbocycles. The number of benzene rings is 1. The highest BCUT2D eigenvalue weighted by Crippen LogP contribution is 2.01. The molecule has 0 fully saturated rings. The average molecular weight is 243 g/mol. The fourth-order valence-corrected chi connectivity index (χ4v) is 2.06. The normalized spacial score (nSPS) is 12.5. The van der Waals surface area contributed by atoms with Crippen LogP contribution in [0.3, 0.4) is 0 Å². The molecule has 2 aromatic rings. The highest BCUT2D eigenvalue weighted by Gasteiger charge is 2.01. The summed E-state index contributed by atoms with van der Waals surface area (Å²) in [5, 5.41) is 3.54. The Morgan fingerprint density at radius 2 is 2.11 bits per heavy atom. The van der Waals surface area contributed by atoms with Crippen molar-refractivity contribution in [2.45, 2.75) is 32.4 Å². The molecular weight excluding hydrogens is 222 g/mol. The van der Waals surface area contributed by atoms with Crippen LogP contribution in [0.2, 0.25) is 0 Å². The first-order chi connectivity index (χ1) is 8.84. The standard InChI is InChI=1S/C15H21N3/c1-14(12-18-11-10-16-13-18)17-9-5-8-15-6-3-2-4-7-15/h2-4,6-7,10-11,13-14,17H,5,8-9,12H2,1H3. The first-order valence-corrected chi connectivity index (χ1v) is 6.57. The van der Waals surface area contributed by atoms with Crippen molar-refractivity contribution in [2.75, 3.05) is 6.54 Å². The average Bonchev–Trinajstić information content (AvgIpc) is 2.89. The lowest BCUT2D eigenvalue weighted by molar-refractivity contribution is 0.472. The largest absolute Gasteiger partial charge is 0.336 e. The molecule has 1 N–H and O–H groups in total. The van der Waals surface area contributed by atoms with Crippen LogP contribution in [0, 0.1) is 0 Å². The molecule has 0 amide bonds. The minimum atomic E-state index is 0.481. The molecule has 18 heavy (non-hydrogen) atoms. The van der Waals surface area contributed by atoms with Crippen LogP contribution in [0.15, 0.2) is 49.1 Å². The van der Waals surface area contributed by atoms with Gasteiger partial charge in [-0.15, -0.1) is 0 Å². The monoisotopic (exact) mass is 243 g/mol. The van der Waals surface area contributed by atoms with Gasteiger partial charge in [-0.3, -0.25) is 0 Å². The summed E-state index contributed by atoms with van der Waals surface area (Å²) in [6.45, 7) is 4.25. The van der Waals surface area contributed by atoms with E-state index in [4.69, 9.17) is 0 Å². The van der Waals surface area contributed by atoms with Gasteiger partial charge in [0.1, 0.15) is 0 Å². The quantitative estimate of drug-likeness (QED) is 0.757. The SMILES string of the molecule is CC(Cn1ccnc1)NCCCc1ccccc1.